The molecule has 19 heavy (non-hydrogen) atoms. The van der Waals surface area contributed by atoms with Crippen molar-refractivity contribution in [2.24, 2.45) is 0 Å². The first-order valence-electron chi connectivity index (χ1n) is 6.76. The summed E-state index contributed by atoms with van der Waals surface area (Å²) < 4.78 is 0. The molecule has 1 aromatic rings. The zero-order chi connectivity index (χ0) is 13.8. The van der Waals surface area contributed by atoms with E-state index in [1.807, 2.05) is 0 Å². The van der Waals surface area contributed by atoms with Gasteiger partial charge in [0.15, 0.2) is 0 Å². The lowest BCUT2D eigenvalue weighted by atomic mass is 10.2. The lowest BCUT2D eigenvalue weighted by molar-refractivity contribution is 0.254. The van der Waals surface area contributed by atoms with Crippen LogP contribution in [0.15, 0.2) is 12.1 Å². The molecular weight excluding hydrogens is 281 g/mol. The first-order chi connectivity index (χ1) is 9.08. The van der Waals surface area contributed by atoms with Gasteiger partial charge in [-0.25, -0.2) is 0 Å². The Morgan fingerprint density at radius 2 is 1.89 bits per heavy atom. The summed E-state index contributed by atoms with van der Waals surface area (Å²) in [7, 11) is 2.19. The molecule has 1 aliphatic carbocycles. The van der Waals surface area contributed by atoms with Crippen LogP contribution in [0.5, 0.6) is 0 Å². The Kier molecular flexibility index (Phi) is 5.20. The SMILES string of the molecule is CN(CCNc1cc(Cl)c(Cl)cc1N)C1CCCC1. The number of nitrogen functional groups attached to an aromatic ring is 1. The van der Waals surface area contributed by atoms with Gasteiger partial charge in [0.2, 0.25) is 0 Å². The Morgan fingerprint density at radius 3 is 2.58 bits per heavy atom. The fourth-order valence-electron chi connectivity index (χ4n) is 2.61. The van der Waals surface area contributed by atoms with E-state index in [-0.39, 0.29) is 0 Å². The van der Waals surface area contributed by atoms with Gasteiger partial charge in [-0.3, -0.25) is 0 Å². The predicted molar refractivity (Wildman–Crippen MR) is 84.3 cm³/mol. The Bertz CT molecular complexity index is 431. The number of nitrogens with two attached hydrogens (primary N) is 1. The van der Waals surface area contributed by atoms with Crippen LogP contribution in [0.4, 0.5) is 11.4 Å². The third kappa shape index (κ3) is 3.91. The van der Waals surface area contributed by atoms with Gasteiger partial charge in [-0.2, -0.15) is 0 Å². The number of nitrogens with one attached hydrogen (secondary N) is 1. The molecule has 0 spiro atoms. The zero-order valence-electron chi connectivity index (χ0n) is 11.3. The van der Waals surface area contributed by atoms with Crippen molar-refractivity contribution >= 4 is 34.6 Å². The van der Waals surface area contributed by atoms with Crippen molar-refractivity contribution in [3.63, 3.8) is 0 Å². The molecule has 3 N–H and O–H groups in total. The summed E-state index contributed by atoms with van der Waals surface area (Å²) in [6.45, 7) is 1.86. The van der Waals surface area contributed by atoms with E-state index >= 15 is 0 Å². The van der Waals surface area contributed by atoms with Crippen LogP contribution >= 0.6 is 23.2 Å². The summed E-state index contributed by atoms with van der Waals surface area (Å²) in [5.74, 6) is 0. The molecule has 0 amide bonds. The van der Waals surface area contributed by atoms with Gasteiger partial charge >= 0.3 is 0 Å². The second kappa shape index (κ2) is 6.69. The number of halogens is 2. The van der Waals surface area contributed by atoms with Gasteiger partial charge in [-0.1, -0.05) is 36.0 Å². The topological polar surface area (TPSA) is 41.3 Å². The Labute approximate surface area is 125 Å². The van der Waals surface area contributed by atoms with Crippen molar-refractivity contribution < 1.29 is 0 Å². The van der Waals surface area contributed by atoms with Crippen molar-refractivity contribution in [1.29, 1.82) is 0 Å². The molecule has 0 bridgehead atoms. The molecule has 0 saturated heterocycles. The second-order valence-electron chi connectivity index (χ2n) is 5.20. The third-order valence-electron chi connectivity index (χ3n) is 3.82. The summed E-state index contributed by atoms with van der Waals surface area (Å²) >= 11 is 11.9. The molecule has 1 aromatic carbocycles. The predicted octanol–water partition coefficient (Wildman–Crippen LogP) is 3.86. The zero-order valence-corrected chi connectivity index (χ0v) is 12.8. The highest BCUT2D eigenvalue weighted by atomic mass is 35.5. The monoisotopic (exact) mass is 301 g/mol. The van der Waals surface area contributed by atoms with Crippen LogP contribution in [-0.2, 0) is 0 Å². The average Bonchev–Trinajstić information content (AvgIpc) is 2.89. The summed E-state index contributed by atoms with van der Waals surface area (Å²) in [4.78, 5) is 2.42. The van der Waals surface area contributed by atoms with E-state index in [0.29, 0.717) is 15.7 Å². The van der Waals surface area contributed by atoms with Crippen LogP contribution in [0.3, 0.4) is 0 Å². The molecule has 0 heterocycles. The van der Waals surface area contributed by atoms with Gasteiger partial charge < -0.3 is 16.0 Å². The smallest absolute Gasteiger partial charge is 0.0614 e. The summed E-state index contributed by atoms with van der Waals surface area (Å²) in [6.07, 6.45) is 5.38. The first-order valence-corrected chi connectivity index (χ1v) is 7.52. The Balaban J connectivity index is 1.83. The minimum absolute atomic E-state index is 0.493. The third-order valence-corrected chi connectivity index (χ3v) is 4.54. The van der Waals surface area contributed by atoms with E-state index in [0.717, 1.165) is 24.8 Å². The van der Waals surface area contributed by atoms with Crippen molar-refractivity contribution in [2.75, 3.05) is 31.2 Å². The van der Waals surface area contributed by atoms with E-state index in [1.54, 1.807) is 12.1 Å². The number of benzene rings is 1. The molecule has 1 aliphatic rings. The standard InChI is InChI=1S/C14H21Cl2N3/c1-19(10-4-2-3-5-10)7-6-18-14-9-12(16)11(15)8-13(14)17/h8-10,18H,2-7,17H2,1H3. The quantitative estimate of drug-likeness (QED) is 0.811. The van der Waals surface area contributed by atoms with E-state index < -0.39 is 0 Å². The number of anilines is 2. The van der Waals surface area contributed by atoms with Gasteiger partial charge in [0.05, 0.1) is 21.4 Å². The van der Waals surface area contributed by atoms with Gasteiger partial charge in [0.1, 0.15) is 0 Å². The highest BCUT2D eigenvalue weighted by molar-refractivity contribution is 6.42. The van der Waals surface area contributed by atoms with Gasteiger partial charge in [0, 0.05) is 19.1 Å². The number of hydrogen-bond donors (Lipinski definition) is 2. The molecule has 0 radical (unpaired) electrons. The van der Waals surface area contributed by atoms with Crippen LogP contribution in [0.1, 0.15) is 25.7 Å². The Morgan fingerprint density at radius 1 is 1.26 bits per heavy atom. The summed E-state index contributed by atoms with van der Waals surface area (Å²) in [6, 6.07) is 4.22. The largest absolute Gasteiger partial charge is 0.397 e. The maximum Gasteiger partial charge on any atom is 0.0614 e. The van der Waals surface area contributed by atoms with Crippen molar-refractivity contribution in [3.8, 4) is 0 Å². The molecule has 0 atom stereocenters. The van der Waals surface area contributed by atoms with Gasteiger partial charge in [0.25, 0.3) is 0 Å². The van der Waals surface area contributed by atoms with E-state index in [2.05, 4.69) is 17.3 Å². The first kappa shape index (κ1) is 14.8. The van der Waals surface area contributed by atoms with E-state index in [4.69, 9.17) is 28.9 Å². The van der Waals surface area contributed by atoms with Crippen LogP contribution in [-0.4, -0.2) is 31.1 Å². The molecule has 2 rings (SSSR count). The molecule has 1 fully saturated rings. The normalized spacial score (nSPS) is 16.2. The summed E-state index contributed by atoms with van der Waals surface area (Å²) in [5.41, 5.74) is 7.40. The van der Waals surface area contributed by atoms with E-state index in [9.17, 15) is 0 Å². The minimum Gasteiger partial charge on any atom is -0.397 e. The number of rotatable bonds is 5. The van der Waals surface area contributed by atoms with Crippen molar-refractivity contribution in [1.82, 2.24) is 4.90 Å². The average molecular weight is 302 g/mol. The molecule has 106 valence electrons. The van der Waals surface area contributed by atoms with Crippen LogP contribution in [0.2, 0.25) is 10.0 Å². The molecule has 1 saturated carbocycles. The van der Waals surface area contributed by atoms with Gasteiger partial charge in [-0.15, -0.1) is 0 Å². The maximum atomic E-state index is 5.99. The van der Waals surface area contributed by atoms with Crippen molar-refractivity contribution in [2.45, 2.75) is 31.7 Å². The summed E-state index contributed by atoms with van der Waals surface area (Å²) in [5, 5.41) is 4.35. The van der Waals surface area contributed by atoms with Crippen LogP contribution in [0, 0.1) is 0 Å². The highest BCUT2D eigenvalue weighted by Crippen LogP contribution is 2.30. The minimum atomic E-state index is 0.493. The van der Waals surface area contributed by atoms with Crippen LogP contribution < -0.4 is 11.1 Å². The molecule has 0 unspecified atom stereocenters. The fourth-order valence-corrected chi connectivity index (χ4v) is 2.95. The van der Waals surface area contributed by atoms with Crippen LogP contribution in [0.25, 0.3) is 0 Å². The fraction of sp³-hybridized carbons (Fsp3) is 0.571. The number of likely N-dealkylation sites (N-methyl/N-ethyl adjacent to an activating group) is 1. The maximum absolute atomic E-state index is 5.99. The Hall–Kier alpha value is -0.640. The van der Waals surface area contributed by atoms with Gasteiger partial charge in [-0.05, 0) is 32.0 Å². The second-order valence-corrected chi connectivity index (χ2v) is 6.01. The number of hydrogen-bond acceptors (Lipinski definition) is 3. The molecule has 0 aromatic heterocycles. The number of nitrogens with zero attached hydrogens (tertiary/aromatic N) is 1. The molecule has 3 nitrogen and oxygen atoms in total. The van der Waals surface area contributed by atoms with E-state index in [1.165, 1.54) is 25.7 Å². The highest BCUT2D eigenvalue weighted by Gasteiger charge is 2.18. The molecular formula is C14H21Cl2N3. The lowest BCUT2D eigenvalue weighted by Crippen LogP contribution is -2.33. The van der Waals surface area contributed by atoms with Crippen molar-refractivity contribution in [3.05, 3.63) is 22.2 Å². The molecule has 5 heteroatoms. The molecule has 0 aliphatic heterocycles. The lowest BCUT2D eigenvalue weighted by Gasteiger charge is -2.24.